The molecule has 0 unspecified atom stereocenters. The lowest BCUT2D eigenvalue weighted by Crippen LogP contribution is -2.57. The van der Waals surface area contributed by atoms with E-state index in [9.17, 15) is 23.7 Å². The number of ether oxygens (including phenoxy) is 1. The van der Waals surface area contributed by atoms with Crippen LogP contribution in [0.1, 0.15) is 6.92 Å². The molecule has 0 spiro atoms. The van der Waals surface area contributed by atoms with Crippen LogP contribution in [-0.4, -0.2) is 74.9 Å². The molecular weight excluding hydrogens is 318 g/mol. The minimum atomic E-state index is -4.74. The molecule has 0 amide bonds. The molecule has 5 atom stereocenters. The van der Waals surface area contributed by atoms with Crippen molar-refractivity contribution >= 4 is 27.2 Å². The Hall–Kier alpha value is -0.470. The fourth-order valence-electron chi connectivity index (χ4n) is 1.45. The Morgan fingerprint density at radius 3 is 2.40 bits per heavy atom. The zero-order chi connectivity index (χ0) is 15.5. The summed E-state index contributed by atoms with van der Waals surface area (Å²) in [6.45, 7) is 0.719. The maximum absolute atomic E-state index is 10.3. The van der Waals surface area contributed by atoms with E-state index in [1.54, 1.807) is 0 Å². The van der Waals surface area contributed by atoms with Gasteiger partial charge in [0.2, 0.25) is 0 Å². The summed E-state index contributed by atoms with van der Waals surface area (Å²) in [7, 11) is -4.74. The monoisotopic (exact) mass is 333 g/mol. The van der Waals surface area contributed by atoms with Crippen LogP contribution in [0.15, 0.2) is 5.16 Å². The highest BCUT2D eigenvalue weighted by Crippen LogP contribution is 2.29. The van der Waals surface area contributed by atoms with E-state index in [0.29, 0.717) is 11.8 Å². The van der Waals surface area contributed by atoms with Gasteiger partial charge in [-0.2, -0.15) is 8.42 Å². The van der Waals surface area contributed by atoms with Crippen LogP contribution in [0.25, 0.3) is 0 Å². The summed E-state index contributed by atoms with van der Waals surface area (Å²) in [6.07, 6.45) is -5.61. The Balaban J connectivity index is 2.71. The Bertz CT molecular complexity index is 451. The minimum absolute atomic E-state index is 0.0352. The molecule has 0 saturated carbocycles. The van der Waals surface area contributed by atoms with Crippen LogP contribution in [-0.2, 0) is 19.4 Å². The smallest absolute Gasteiger partial charge is 0.394 e. The van der Waals surface area contributed by atoms with Crippen molar-refractivity contribution in [1.82, 2.24) is 0 Å². The van der Waals surface area contributed by atoms with E-state index in [2.05, 4.69) is 9.44 Å². The van der Waals surface area contributed by atoms with E-state index < -0.39 is 46.9 Å². The highest BCUT2D eigenvalue weighted by molar-refractivity contribution is 8.14. The van der Waals surface area contributed by atoms with Crippen LogP contribution in [0.5, 0.6) is 0 Å². The Morgan fingerprint density at radius 2 is 1.90 bits per heavy atom. The predicted molar refractivity (Wildman–Crippen MR) is 67.1 cm³/mol. The first-order valence-electron chi connectivity index (χ1n) is 5.33. The Kier molecular flexibility index (Phi) is 6.15. The number of thioether (sulfide) groups is 1. The van der Waals surface area contributed by atoms with Gasteiger partial charge < -0.3 is 25.2 Å². The van der Waals surface area contributed by atoms with Gasteiger partial charge in [0.05, 0.1) is 6.61 Å². The Morgan fingerprint density at radius 1 is 1.30 bits per heavy atom. The molecule has 0 aliphatic carbocycles. The second-order valence-electron chi connectivity index (χ2n) is 3.93. The van der Waals surface area contributed by atoms with Crippen molar-refractivity contribution < 1.29 is 42.4 Å². The summed E-state index contributed by atoms with van der Waals surface area (Å²) in [6, 6.07) is 0. The van der Waals surface area contributed by atoms with Crippen molar-refractivity contribution in [3.05, 3.63) is 0 Å². The summed E-state index contributed by atoms with van der Waals surface area (Å²) in [5, 5.41) is 40.8. The van der Waals surface area contributed by atoms with Crippen molar-refractivity contribution in [2.75, 3.05) is 6.61 Å². The van der Waals surface area contributed by atoms with E-state index in [1.807, 2.05) is 0 Å². The molecule has 0 bridgehead atoms. The first kappa shape index (κ1) is 17.6. The van der Waals surface area contributed by atoms with E-state index in [1.165, 1.54) is 6.92 Å². The molecule has 20 heavy (non-hydrogen) atoms. The molecule has 1 aliphatic rings. The van der Waals surface area contributed by atoms with Gasteiger partial charge in [0.15, 0.2) is 0 Å². The van der Waals surface area contributed by atoms with Gasteiger partial charge in [0.1, 0.15) is 34.9 Å². The summed E-state index contributed by atoms with van der Waals surface area (Å²) in [5.41, 5.74) is -1.11. The molecular formula is C8H15NO9S2. The third-order valence-corrected chi connectivity index (χ3v) is 3.70. The molecule has 1 heterocycles. The number of hydrogen-bond acceptors (Lipinski definition) is 10. The van der Waals surface area contributed by atoms with Gasteiger partial charge in [-0.3, -0.25) is 4.55 Å². The largest absolute Gasteiger partial charge is 0.466 e. The van der Waals surface area contributed by atoms with Crippen molar-refractivity contribution in [2.24, 2.45) is 5.16 Å². The van der Waals surface area contributed by atoms with Crippen LogP contribution in [0, 0.1) is 0 Å². The first-order valence-corrected chi connectivity index (χ1v) is 7.58. The summed E-state index contributed by atoms with van der Waals surface area (Å²) in [5.74, 6) is 0. The molecule has 0 aromatic carbocycles. The SMILES string of the molecule is CC(=NOS(=O)(=O)O)S[C@@H]1O[C@H](CO)[C@@H](O)[C@H](O)[C@H]1O. The zero-order valence-electron chi connectivity index (χ0n) is 10.2. The van der Waals surface area contributed by atoms with Crippen LogP contribution < -0.4 is 0 Å². The standard InChI is InChI=1S/C8H15NO9S2/c1-3(9-18-20(14,15)16)19-8-7(13)6(12)5(11)4(2-10)17-8/h4-8,10-13H,2H2,1H3,(H,14,15,16)/t4-,5-,6+,7-,8+/m1/s1. The van der Waals surface area contributed by atoms with E-state index in [4.69, 9.17) is 14.4 Å². The normalized spacial score (nSPS) is 35.9. The van der Waals surface area contributed by atoms with Crippen molar-refractivity contribution in [3.8, 4) is 0 Å². The van der Waals surface area contributed by atoms with Gasteiger partial charge >= 0.3 is 10.4 Å². The minimum Gasteiger partial charge on any atom is -0.394 e. The molecule has 0 aromatic rings. The Labute approximate surface area is 119 Å². The fraction of sp³-hybridized carbons (Fsp3) is 0.875. The topological polar surface area (TPSA) is 166 Å². The van der Waals surface area contributed by atoms with E-state index in [-0.39, 0.29) is 5.04 Å². The maximum Gasteiger partial charge on any atom is 0.466 e. The van der Waals surface area contributed by atoms with Gasteiger partial charge in [-0.15, -0.1) is 0 Å². The van der Waals surface area contributed by atoms with E-state index >= 15 is 0 Å². The number of oxime groups is 1. The molecule has 5 N–H and O–H groups in total. The van der Waals surface area contributed by atoms with Crippen LogP contribution >= 0.6 is 11.8 Å². The van der Waals surface area contributed by atoms with Crippen LogP contribution in [0.4, 0.5) is 0 Å². The molecule has 10 nitrogen and oxygen atoms in total. The molecule has 0 radical (unpaired) electrons. The van der Waals surface area contributed by atoms with Gasteiger partial charge in [-0.1, -0.05) is 16.9 Å². The summed E-state index contributed by atoms with van der Waals surface area (Å²) in [4.78, 5) is 0. The molecule has 1 rings (SSSR count). The second-order valence-corrected chi connectivity index (χ2v) is 6.22. The van der Waals surface area contributed by atoms with Crippen molar-refractivity contribution in [3.63, 3.8) is 0 Å². The number of nitrogens with zero attached hydrogens (tertiary/aromatic N) is 1. The average Bonchev–Trinajstić information content (AvgIpc) is 2.36. The lowest BCUT2D eigenvalue weighted by Gasteiger charge is -2.39. The molecule has 0 aromatic heterocycles. The lowest BCUT2D eigenvalue weighted by atomic mass is 10.0. The number of rotatable bonds is 4. The molecule has 1 fully saturated rings. The molecule has 1 aliphatic heterocycles. The number of aliphatic hydroxyl groups excluding tert-OH is 4. The highest BCUT2D eigenvalue weighted by Gasteiger charge is 2.43. The zero-order valence-corrected chi connectivity index (χ0v) is 11.9. The predicted octanol–water partition coefficient (Wildman–Crippen LogP) is -2.33. The van der Waals surface area contributed by atoms with Gasteiger partial charge in [0.25, 0.3) is 0 Å². The third kappa shape index (κ3) is 4.82. The third-order valence-electron chi connectivity index (χ3n) is 2.40. The van der Waals surface area contributed by atoms with Gasteiger partial charge in [-0.25, -0.2) is 4.28 Å². The van der Waals surface area contributed by atoms with Gasteiger partial charge in [-0.05, 0) is 6.92 Å². The molecule has 118 valence electrons. The first-order chi connectivity index (χ1) is 9.15. The maximum atomic E-state index is 10.3. The number of hydrogen-bond donors (Lipinski definition) is 5. The van der Waals surface area contributed by atoms with Crippen molar-refractivity contribution in [1.29, 1.82) is 0 Å². The summed E-state index contributed by atoms with van der Waals surface area (Å²) < 4.78 is 37.9. The fourth-order valence-corrected chi connectivity index (χ4v) is 2.62. The second kappa shape index (κ2) is 7.00. The van der Waals surface area contributed by atoms with Crippen LogP contribution in [0.3, 0.4) is 0 Å². The van der Waals surface area contributed by atoms with E-state index in [0.717, 1.165) is 0 Å². The lowest BCUT2D eigenvalue weighted by molar-refractivity contribution is -0.205. The highest BCUT2D eigenvalue weighted by atomic mass is 32.3. The average molecular weight is 333 g/mol. The quantitative estimate of drug-likeness (QED) is 0.163. The summed E-state index contributed by atoms with van der Waals surface area (Å²) >= 11 is 0.689. The molecule has 12 heteroatoms. The molecule has 1 saturated heterocycles. The number of aliphatic hydroxyl groups is 4. The van der Waals surface area contributed by atoms with Gasteiger partial charge in [0, 0.05) is 0 Å². The van der Waals surface area contributed by atoms with Crippen molar-refractivity contribution in [2.45, 2.75) is 36.8 Å². The van der Waals surface area contributed by atoms with Crippen LogP contribution in [0.2, 0.25) is 0 Å².